The summed E-state index contributed by atoms with van der Waals surface area (Å²) in [6.07, 6.45) is 5.25. The van der Waals surface area contributed by atoms with Crippen LogP contribution in [0, 0.1) is 5.92 Å². The first kappa shape index (κ1) is 17.4. The number of carbonyl (C=O) groups excluding carboxylic acids is 2. The van der Waals surface area contributed by atoms with Crippen LogP contribution in [0.3, 0.4) is 0 Å². The molecule has 0 N–H and O–H groups in total. The molecule has 0 saturated carbocycles. The lowest BCUT2D eigenvalue weighted by Crippen LogP contribution is -2.44. The maximum atomic E-state index is 12.4. The second-order valence-electron chi connectivity index (χ2n) is 7.64. The topological polar surface area (TPSA) is 81.2 Å². The quantitative estimate of drug-likeness (QED) is 0.628. The van der Waals surface area contributed by atoms with Gasteiger partial charge in [-0.3, -0.25) is 14.3 Å². The highest BCUT2D eigenvalue weighted by Crippen LogP contribution is 2.22. The van der Waals surface area contributed by atoms with Gasteiger partial charge in [0.2, 0.25) is 0 Å². The third-order valence-corrected chi connectivity index (χ3v) is 4.50. The van der Waals surface area contributed by atoms with Crippen molar-refractivity contribution in [1.82, 2.24) is 19.9 Å². The fourth-order valence-corrected chi connectivity index (χ4v) is 3.05. The highest BCUT2D eigenvalue weighted by Gasteiger charge is 2.30. The molecule has 1 aliphatic rings. The molecule has 2 aromatic rings. The lowest BCUT2D eigenvalue weighted by Gasteiger charge is -2.32. The zero-order chi connectivity index (χ0) is 18.0. The van der Waals surface area contributed by atoms with Gasteiger partial charge >= 0.3 is 0 Å². The van der Waals surface area contributed by atoms with Crippen molar-refractivity contribution in [3.05, 3.63) is 36.0 Å². The molecule has 0 aliphatic carbocycles. The summed E-state index contributed by atoms with van der Waals surface area (Å²) in [5.74, 6) is -0.718. The summed E-state index contributed by atoms with van der Waals surface area (Å²) >= 11 is 0. The van der Waals surface area contributed by atoms with Gasteiger partial charge < -0.3 is 9.32 Å². The Morgan fingerprint density at radius 1 is 1.36 bits per heavy atom. The summed E-state index contributed by atoms with van der Waals surface area (Å²) in [5, 5.41) is 8.44. The van der Waals surface area contributed by atoms with E-state index in [0.717, 1.165) is 18.5 Å². The largest absolute Gasteiger partial charge is 0.461 e. The molecule has 0 unspecified atom stereocenters. The van der Waals surface area contributed by atoms with Crippen LogP contribution in [0.2, 0.25) is 0 Å². The highest BCUT2D eigenvalue weighted by molar-refractivity contribution is 6.41. The minimum Gasteiger partial charge on any atom is -0.461 e. The van der Waals surface area contributed by atoms with Crippen molar-refractivity contribution in [2.24, 2.45) is 5.92 Å². The standard InChI is InChI=1S/C18H24N4O3/c1-18(2,3)15-12-22(20-19-15)11-13-6-4-8-21(10-13)17(24)16(23)14-7-5-9-25-14/h5,7,9,12-13H,4,6,8,10-11H2,1-3H3/t13-/m1/s1. The molecule has 0 radical (unpaired) electrons. The van der Waals surface area contributed by atoms with Crippen LogP contribution in [-0.2, 0) is 16.8 Å². The van der Waals surface area contributed by atoms with E-state index in [9.17, 15) is 9.59 Å². The van der Waals surface area contributed by atoms with Crippen molar-refractivity contribution in [3.63, 3.8) is 0 Å². The van der Waals surface area contributed by atoms with Gasteiger partial charge in [-0.15, -0.1) is 5.10 Å². The summed E-state index contributed by atoms with van der Waals surface area (Å²) in [4.78, 5) is 26.2. The Morgan fingerprint density at radius 3 is 2.80 bits per heavy atom. The van der Waals surface area contributed by atoms with E-state index >= 15 is 0 Å². The van der Waals surface area contributed by atoms with Crippen molar-refractivity contribution >= 4 is 11.7 Å². The van der Waals surface area contributed by atoms with E-state index < -0.39 is 11.7 Å². The molecule has 1 fully saturated rings. The van der Waals surface area contributed by atoms with Gasteiger partial charge in [-0.1, -0.05) is 26.0 Å². The fourth-order valence-electron chi connectivity index (χ4n) is 3.05. The first-order valence-corrected chi connectivity index (χ1v) is 8.62. The molecule has 3 rings (SSSR count). The molecule has 7 heteroatoms. The lowest BCUT2D eigenvalue weighted by atomic mass is 9.93. The van der Waals surface area contributed by atoms with Crippen LogP contribution in [0.1, 0.15) is 49.9 Å². The summed E-state index contributed by atoms with van der Waals surface area (Å²) in [6.45, 7) is 8.15. The monoisotopic (exact) mass is 344 g/mol. The summed E-state index contributed by atoms with van der Waals surface area (Å²) < 4.78 is 6.89. The number of piperidine rings is 1. The smallest absolute Gasteiger partial charge is 0.298 e. The van der Waals surface area contributed by atoms with Gasteiger partial charge in [0.1, 0.15) is 0 Å². The Kier molecular flexibility index (Phi) is 4.74. The predicted octanol–water partition coefficient (Wildman–Crippen LogP) is 2.29. The predicted molar refractivity (Wildman–Crippen MR) is 91.1 cm³/mol. The molecule has 0 bridgehead atoms. The van der Waals surface area contributed by atoms with E-state index in [0.29, 0.717) is 19.6 Å². The van der Waals surface area contributed by atoms with E-state index in [-0.39, 0.29) is 17.1 Å². The summed E-state index contributed by atoms with van der Waals surface area (Å²) in [7, 11) is 0. The highest BCUT2D eigenvalue weighted by atomic mass is 16.3. The van der Waals surface area contributed by atoms with Gasteiger partial charge in [0.15, 0.2) is 5.76 Å². The number of likely N-dealkylation sites (tertiary alicyclic amines) is 1. The van der Waals surface area contributed by atoms with Crippen LogP contribution in [0.15, 0.2) is 29.0 Å². The maximum Gasteiger partial charge on any atom is 0.298 e. The number of carbonyl (C=O) groups is 2. The molecule has 0 spiro atoms. The van der Waals surface area contributed by atoms with Crippen molar-refractivity contribution in [2.45, 2.75) is 45.6 Å². The molecule has 7 nitrogen and oxygen atoms in total. The number of hydrogen-bond acceptors (Lipinski definition) is 5. The average Bonchev–Trinajstić information content (AvgIpc) is 3.25. The van der Waals surface area contributed by atoms with Crippen LogP contribution in [-0.4, -0.2) is 44.7 Å². The molecule has 0 aromatic carbocycles. The first-order valence-electron chi connectivity index (χ1n) is 8.62. The molecule has 1 amide bonds. The number of hydrogen-bond donors (Lipinski definition) is 0. The van der Waals surface area contributed by atoms with E-state index in [1.54, 1.807) is 11.0 Å². The number of aromatic nitrogens is 3. The minimum atomic E-state index is -0.582. The van der Waals surface area contributed by atoms with Crippen LogP contribution in [0.5, 0.6) is 0 Å². The van der Waals surface area contributed by atoms with Crippen molar-refractivity contribution in [1.29, 1.82) is 0 Å². The van der Waals surface area contributed by atoms with Crippen LogP contribution >= 0.6 is 0 Å². The second-order valence-corrected chi connectivity index (χ2v) is 7.64. The molecule has 1 saturated heterocycles. The molecule has 1 atom stereocenters. The molecular weight excluding hydrogens is 320 g/mol. The van der Waals surface area contributed by atoms with Gasteiger partial charge in [-0.05, 0) is 30.9 Å². The normalized spacial score (nSPS) is 18.4. The van der Waals surface area contributed by atoms with Crippen LogP contribution < -0.4 is 0 Å². The number of amides is 1. The number of ketones is 1. The SMILES string of the molecule is CC(C)(C)c1cn(C[C@@H]2CCCN(C(=O)C(=O)c3ccco3)C2)nn1. The Labute approximate surface area is 147 Å². The summed E-state index contributed by atoms with van der Waals surface area (Å²) in [6, 6.07) is 3.13. The Hall–Kier alpha value is -2.44. The number of furan rings is 1. The Balaban J connectivity index is 1.62. The van der Waals surface area contributed by atoms with E-state index in [1.165, 1.54) is 12.3 Å². The van der Waals surface area contributed by atoms with Gasteiger partial charge in [0, 0.05) is 31.2 Å². The lowest BCUT2D eigenvalue weighted by molar-refractivity contribution is -0.128. The fraction of sp³-hybridized carbons (Fsp3) is 0.556. The van der Waals surface area contributed by atoms with Crippen molar-refractivity contribution in [2.75, 3.05) is 13.1 Å². The van der Waals surface area contributed by atoms with Crippen LogP contribution in [0.4, 0.5) is 0 Å². The van der Waals surface area contributed by atoms with Gasteiger partial charge in [0.25, 0.3) is 11.7 Å². The first-order chi connectivity index (χ1) is 11.8. The zero-order valence-electron chi connectivity index (χ0n) is 14.9. The van der Waals surface area contributed by atoms with Crippen molar-refractivity contribution in [3.8, 4) is 0 Å². The average molecular weight is 344 g/mol. The van der Waals surface area contributed by atoms with Crippen molar-refractivity contribution < 1.29 is 14.0 Å². The Bertz CT molecular complexity index is 743. The molecular formula is C18H24N4O3. The molecule has 3 heterocycles. The minimum absolute atomic E-state index is 0.0394. The molecule has 134 valence electrons. The van der Waals surface area contributed by atoms with Gasteiger partial charge in [0.05, 0.1) is 12.0 Å². The number of Topliss-reactive ketones (excluding diaryl/α,β-unsaturated/α-hetero) is 1. The van der Waals surface area contributed by atoms with Gasteiger partial charge in [-0.25, -0.2) is 0 Å². The Morgan fingerprint density at radius 2 is 2.16 bits per heavy atom. The molecule has 1 aliphatic heterocycles. The van der Waals surface area contributed by atoms with E-state index in [2.05, 4.69) is 31.1 Å². The van der Waals surface area contributed by atoms with Gasteiger partial charge in [-0.2, -0.15) is 0 Å². The second kappa shape index (κ2) is 6.82. The third-order valence-electron chi connectivity index (χ3n) is 4.50. The zero-order valence-corrected chi connectivity index (χ0v) is 14.9. The number of rotatable bonds is 4. The third kappa shape index (κ3) is 3.97. The van der Waals surface area contributed by atoms with E-state index in [1.807, 2.05) is 10.9 Å². The maximum absolute atomic E-state index is 12.4. The van der Waals surface area contributed by atoms with Crippen LogP contribution in [0.25, 0.3) is 0 Å². The summed E-state index contributed by atoms with van der Waals surface area (Å²) in [5.41, 5.74) is 0.909. The molecule has 25 heavy (non-hydrogen) atoms. The van der Waals surface area contributed by atoms with E-state index in [4.69, 9.17) is 4.42 Å². The number of nitrogens with zero attached hydrogens (tertiary/aromatic N) is 4. The molecule has 2 aromatic heterocycles.